The normalized spacial score (nSPS) is 23.2. The van der Waals surface area contributed by atoms with Crippen molar-refractivity contribution in [3.63, 3.8) is 0 Å². The number of nitrogens with zero attached hydrogens (tertiary/aromatic N) is 2. The first kappa shape index (κ1) is 19.6. The first-order valence-corrected chi connectivity index (χ1v) is 11.5. The van der Waals surface area contributed by atoms with Gasteiger partial charge in [0.05, 0.1) is 6.67 Å². The van der Waals surface area contributed by atoms with Crippen LogP contribution in [0, 0.1) is 0 Å². The number of benzene rings is 2. The van der Waals surface area contributed by atoms with E-state index in [1.807, 2.05) is 18.2 Å². The van der Waals surface area contributed by atoms with E-state index in [0.717, 1.165) is 16.3 Å². The number of imide groups is 1. The van der Waals surface area contributed by atoms with Crippen LogP contribution in [0.1, 0.15) is 56.9 Å². The lowest BCUT2D eigenvalue weighted by Gasteiger charge is -2.36. The predicted octanol–water partition coefficient (Wildman–Crippen LogP) is 4.45. The second kappa shape index (κ2) is 8.38. The Morgan fingerprint density at radius 2 is 1.50 bits per heavy atom. The highest BCUT2D eigenvalue weighted by Gasteiger charge is 2.41. The molecule has 3 aliphatic rings. The molecule has 1 saturated heterocycles. The van der Waals surface area contributed by atoms with E-state index in [-0.39, 0.29) is 11.9 Å². The molecular weight excluding hydrogens is 374 g/mol. The molecular formula is C25H31N3O2. The zero-order chi connectivity index (χ0) is 20.5. The van der Waals surface area contributed by atoms with E-state index in [1.54, 1.807) is 0 Å². The lowest BCUT2D eigenvalue weighted by molar-refractivity contribution is -0.129. The summed E-state index contributed by atoms with van der Waals surface area (Å²) in [6.45, 7) is 0.450. The number of rotatable bonds is 6. The van der Waals surface area contributed by atoms with Gasteiger partial charge in [-0.1, -0.05) is 68.1 Å². The number of urea groups is 1. The van der Waals surface area contributed by atoms with Crippen molar-refractivity contribution < 1.29 is 9.59 Å². The zero-order valence-electron chi connectivity index (χ0n) is 17.6. The minimum atomic E-state index is -0.475. The van der Waals surface area contributed by atoms with Crippen molar-refractivity contribution in [2.24, 2.45) is 0 Å². The molecule has 1 unspecified atom stereocenters. The monoisotopic (exact) mass is 405 g/mol. The number of carbonyl (C=O) groups is 2. The van der Waals surface area contributed by atoms with Crippen molar-refractivity contribution in [1.82, 2.24) is 15.1 Å². The molecule has 5 nitrogen and oxygen atoms in total. The summed E-state index contributed by atoms with van der Waals surface area (Å²) in [5, 5.41) is 5.28. The summed E-state index contributed by atoms with van der Waals surface area (Å²) in [6, 6.07) is 14.7. The molecule has 0 bridgehead atoms. The number of hydrogen-bond donors (Lipinski definition) is 1. The van der Waals surface area contributed by atoms with E-state index >= 15 is 0 Å². The SMILES string of the molecule is O=C1NC(Cc2cccc3ccccc23)C(=O)N1CN(C1CCCC1)C1CCCC1. The Hall–Kier alpha value is -2.40. The molecule has 3 amide bonds. The Bertz CT molecular complexity index is 910. The summed E-state index contributed by atoms with van der Waals surface area (Å²) < 4.78 is 0. The molecule has 1 N–H and O–H groups in total. The van der Waals surface area contributed by atoms with E-state index in [9.17, 15) is 9.59 Å². The fraction of sp³-hybridized carbons (Fsp3) is 0.520. The molecule has 1 aliphatic heterocycles. The van der Waals surface area contributed by atoms with E-state index in [2.05, 4.69) is 34.5 Å². The van der Waals surface area contributed by atoms with Gasteiger partial charge >= 0.3 is 6.03 Å². The van der Waals surface area contributed by atoms with Gasteiger partial charge in [0.2, 0.25) is 0 Å². The van der Waals surface area contributed by atoms with Gasteiger partial charge < -0.3 is 5.32 Å². The lowest BCUT2D eigenvalue weighted by atomic mass is 9.99. The van der Waals surface area contributed by atoms with Crippen LogP contribution in [0.15, 0.2) is 42.5 Å². The average Bonchev–Trinajstić information content (AvgIpc) is 3.52. The molecule has 2 aliphatic carbocycles. The molecule has 0 aromatic heterocycles. The first-order chi connectivity index (χ1) is 14.7. The van der Waals surface area contributed by atoms with E-state index in [1.165, 1.54) is 56.3 Å². The van der Waals surface area contributed by atoms with Gasteiger partial charge in [0.25, 0.3) is 5.91 Å². The first-order valence-electron chi connectivity index (χ1n) is 11.5. The minimum Gasteiger partial charge on any atom is -0.325 e. The summed E-state index contributed by atoms with van der Waals surface area (Å²) in [7, 11) is 0. The van der Waals surface area contributed by atoms with E-state index < -0.39 is 6.04 Å². The average molecular weight is 406 g/mol. The molecule has 2 aromatic rings. The fourth-order valence-corrected chi connectivity index (χ4v) is 5.70. The van der Waals surface area contributed by atoms with Gasteiger partial charge in [-0.15, -0.1) is 0 Å². The Labute approximate surface area is 178 Å². The van der Waals surface area contributed by atoms with Crippen LogP contribution < -0.4 is 5.32 Å². The molecule has 2 saturated carbocycles. The molecule has 3 fully saturated rings. The van der Waals surface area contributed by atoms with Gasteiger partial charge in [-0.3, -0.25) is 9.69 Å². The van der Waals surface area contributed by atoms with Crippen LogP contribution in [0.4, 0.5) is 4.79 Å². The van der Waals surface area contributed by atoms with Crippen molar-refractivity contribution in [2.45, 2.75) is 75.9 Å². The summed E-state index contributed by atoms with van der Waals surface area (Å²) in [5.41, 5.74) is 1.11. The number of fused-ring (bicyclic) bond motifs is 1. The van der Waals surface area contributed by atoms with E-state index in [4.69, 9.17) is 0 Å². The van der Waals surface area contributed by atoms with Crippen molar-refractivity contribution in [1.29, 1.82) is 0 Å². The Morgan fingerprint density at radius 3 is 2.20 bits per heavy atom. The Morgan fingerprint density at radius 1 is 0.867 bits per heavy atom. The highest BCUT2D eigenvalue weighted by Crippen LogP contribution is 2.32. The standard InChI is InChI=1S/C25H31N3O2/c29-24-23(16-19-10-7-9-18-8-1-6-15-22(18)19)26-25(30)28(24)17-27(20-11-2-3-12-20)21-13-4-5-14-21/h1,6-10,15,20-21,23H,2-5,11-14,16-17H2,(H,26,30). The van der Waals surface area contributed by atoms with Crippen molar-refractivity contribution in [2.75, 3.05) is 6.67 Å². The largest absolute Gasteiger partial charge is 0.325 e. The predicted molar refractivity (Wildman–Crippen MR) is 118 cm³/mol. The molecule has 158 valence electrons. The molecule has 0 radical (unpaired) electrons. The lowest BCUT2D eigenvalue weighted by Crippen LogP contribution is -2.49. The smallest absolute Gasteiger partial charge is 0.325 e. The maximum atomic E-state index is 13.2. The Balaban J connectivity index is 1.33. The summed E-state index contributed by atoms with van der Waals surface area (Å²) in [4.78, 5) is 30.0. The van der Waals surface area contributed by atoms with Crippen LogP contribution in [0.2, 0.25) is 0 Å². The van der Waals surface area contributed by atoms with Crippen LogP contribution in [0.5, 0.6) is 0 Å². The molecule has 5 rings (SSSR count). The van der Waals surface area contributed by atoms with Gasteiger partial charge in [0.1, 0.15) is 6.04 Å². The van der Waals surface area contributed by atoms with Gasteiger partial charge in [-0.25, -0.2) is 9.69 Å². The zero-order valence-corrected chi connectivity index (χ0v) is 17.6. The molecule has 2 aromatic carbocycles. The second-order valence-electron chi connectivity index (χ2n) is 9.14. The third kappa shape index (κ3) is 3.71. The summed E-state index contributed by atoms with van der Waals surface area (Å²) in [5.74, 6) is -0.0751. The van der Waals surface area contributed by atoms with Gasteiger partial charge in [0.15, 0.2) is 0 Å². The third-order valence-electron chi connectivity index (χ3n) is 7.30. The highest BCUT2D eigenvalue weighted by molar-refractivity contribution is 6.04. The van der Waals surface area contributed by atoms with Crippen molar-refractivity contribution >= 4 is 22.7 Å². The van der Waals surface area contributed by atoms with Crippen LogP contribution in [-0.4, -0.2) is 46.5 Å². The van der Waals surface area contributed by atoms with Crippen LogP contribution in [0.25, 0.3) is 10.8 Å². The quantitative estimate of drug-likeness (QED) is 0.723. The van der Waals surface area contributed by atoms with Crippen LogP contribution >= 0.6 is 0 Å². The van der Waals surface area contributed by atoms with Crippen LogP contribution in [-0.2, 0) is 11.2 Å². The maximum absolute atomic E-state index is 13.2. The molecule has 30 heavy (non-hydrogen) atoms. The summed E-state index contributed by atoms with van der Waals surface area (Å²) in [6.07, 6.45) is 10.4. The molecule has 0 spiro atoms. The maximum Gasteiger partial charge on any atom is 0.325 e. The third-order valence-corrected chi connectivity index (χ3v) is 7.30. The Kier molecular flexibility index (Phi) is 5.47. The summed E-state index contributed by atoms with van der Waals surface area (Å²) >= 11 is 0. The van der Waals surface area contributed by atoms with Gasteiger partial charge in [-0.2, -0.15) is 0 Å². The van der Waals surface area contributed by atoms with Crippen molar-refractivity contribution in [3.05, 3.63) is 48.0 Å². The number of nitrogens with one attached hydrogen (secondary N) is 1. The van der Waals surface area contributed by atoms with E-state index in [0.29, 0.717) is 25.2 Å². The molecule has 1 atom stereocenters. The number of carbonyl (C=O) groups excluding carboxylic acids is 2. The number of hydrogen-bond acceptors (Lipinski definition) is 3. The minimum absolute atomic E-state index is 0.0751. The number of amides is 3. The van der Waals surface area contributed by atoms with Gasteiger partial charge in [0, 0.05) is 18.5 Å². The fourth-order valence-electron chi connectivity index (χ4n) is 5.70. The second-order valence-corrected chi connectivity index (χ2v) is 9.14. The highest BCUT2D eigenvalue weighted by atomic mass is 16.2. The van der Waals surface area contributed by atoms with Gasteiger partial charge in [-0.05, 0) is 42.0 Å². The van der Waals surface area contributed by atoms with Crippen molar-refractivity contribution in [3.8, 4) is 0 Å². The molecule has 5 heteroatoms. The topological polar surface area (TPSA) is 52.7 Å². The van der Waals surface area contributed by atoms with Crippen LogP contribution in [0.3, 0.4) is 0 Å². The molecule has 1 heterocycles.